The number of rotatable bonds is 9. The second kappa shape index (κ2) is 9.81. The SMILES string of the molecule is Nc1cc(N)cc(-c2ccc(-c3ccc(OCCCCCCO)cc3)cc2)c1. The Morgan fingerprint density at radius 2 is 1.11 bits per heavy atom. The standard InChI is InChI=1S/C24H28N2O2/c25-22-15-21(16-23(26)17-22)20-7-5-18(6-8-20)19-9-11-24(12-10-19)28-14-4-2-1-3-13-27/h5-12,15-17,27H,1-4,13-14,25-26H2. The van der Waals surface area contributed by atoms with Gasteiger partial charge in [0.25, 0.3) is 0 Å². The Morgan fingerprint density at radius 3 is 1.68 bits per heavy atom. The number of nitrogen functional groups attached to an aromatic ring is 2. The zero-order chi connectivity index (χ0) is 19.8. The van der Waals surface area contributed by atoms with Crippen molar-refractivity contribution in [2.45, 2.75) is 25.7 Å². The molecule has 4 nitrogen and oxygen atoms in total. The van der Waals surface area contributed by atoms with Gasteiger partial charge in [-0.1, -0.05) is 42.8 Å². The van der Waals surface area contributed by atoms with Crippen molar-refractivity contribution in [3.63, 3.8) is 0 Å². The monoisotopic (exact) mass is 376 g/mol. The average Bonchev–Trinajstić information content (AvgIpc) is 2.70. The van der Waals surface area contributed by atoms with Gasteiger partial charge in [0.2, 0.25) is 0 Å². The minimum absolute atomic E-state index is 0.275. The number of anilines is 2. The average molecular weight is 377 g/mol. The highest BCUT2D eigenvalue weighted by Crippen LogP contribution is 2.28. The Balaban J connectivity index is 1.59. The van der Waals surface area contributed by atoms with Crippen LogP contribution in [0.25, 0.3) is 22.3 Å². The van der Waals surface area contributed by atoms with Crippen molar-refractivity contribution in [2.75, 3.05) is 24.7 Å². The van der Waals surface area contributed by atoms with Crippen LogP contribution >= 0.6 is 0 Å². The summed E-state index contributed by atoms with van der Waals surface area (Å²) >= 11 is 0. The van der Waals surface area contributed by atoms with Crippen LogP contribution in [0.15, 0.2) is 66.7 Å². The fraction of sp³-hybridized carbons (Fsp3) is 0.250. The summed E-state index contributed by atoms with van der Waals surface area (Å²) < 4.78 is 5.79. The first-order valence-electron chi connectivity index (χ1n) is 9.76. The quantitative estimate of drug-likeness (QED) is 0.358. The van der Waals surface area contributed by atoms with E-state index in [0.29, 0.717) is 18.0 Å². The van der Waals surface area contributed by atoms with Crippen molar-refractivity contribution in [2.24, 2.45) is 0 Å². The van der Waals surface area contributed by atoms with Crippen LogP contribution in [0, 0.1) is 0 Å². The van der Waals surface area contributed by atoms with Crippen LogP contribution in [-0.2, 0) is 0 Å². The summed E-state index contributed by atoms with van der Waals surface area (Å²) in [6.07, 6.45) is 4.02. The third kappa shape index (κ3) is 5.51. The Labute approximate surface area is 166 Å². The second-order valence-corrected chi connectivity index (χ2v) is 6.98. The third-order valence-electron chi connectivity index (χ3n) is 4.70. The molecule has 0 fully saturated rings. The third-order valence-corrected chi connectivity index (χ3v) is 4.70. The lowest BCUT2D eigenvalue weighted by Gasteiger charge is -2.09. The van der Waals surface area contributed by atoms with Gasteiger partial charge in [-0.3, -0.25) is 0 Å². The van der Waals surface area contributed by atoms with E-state index in [1.54, 1.807) is 6.07 Å². The van der Waals surface area contributed by atoms with E-state index < -0.39 is 0 Å². The number of nitrogens with two attached hydrogens (primary N) is 2. The molecule has 0 atom stereocenters. The first-order chi connectivity index (χ1) is 13.7. The lowest BCUT2D eigenvalue weighted by molar-refractivity contribution is 0.273. The Hall–Kier alpha value is -2.98. The molecular weight excluding hydrogens is 348 g/mol. The largest absolute Gasteiger partial charge is 0.494 e. The molecule has 5 N–H and O–H groups in total. The van der Waals surface area contributed by atoms with Gasteiger partial charge in [-0.05, 0) is 71.8 Å². The Kier molecular flexibility index (Phi) is 6.93. The van der Waals surface area contributed by atoms with E-state index in [1.165, 1.54) is 0 Å². The zero-order valence-corrected chi connectivity index (χ0v) is 16.1. The van der Waals surface area contributed by atoms with Gasteiger partial charge in [0.15, 0.2) is 0 Å². The predicted octanol–water partition coefficient (Wildman–Crippen LogP) is 5.12. The van der Waals surface area contributed by atoms with Gasteiger partial charge in [-0.2, -0.15) is 0 Å². The predicted molar refractivity (Wildman–Crippen MR) is 117 cm³/mol. The summed E-state index contributed by atoms with van der Waals surface area (Å²) in [5, 5.41) is 8.77. The number of ether oxygens (including phenoxy) is 1. The molecule has 0 saturated carbocycles. The van der Waals surface area contributed by atoms with Gasteiger partial charge >= 0.3 is 0 Å². The summed E-state index contributed by atoms with van der Waals surface area (Å²) in [4.78, 5) is 0. The van der Waals surface area contributed by atoms with E-state index in [1.807, 2.05) is 24.3 Å². The van der Waals surface area contributed by atoms with E-state index >= 15 is 0 Å². The van der Waals surface area contributed by atoms with Crippen molar-refractivity contribution in [1.29, 1.82) is 0 Å². The fourth-order valence-electron chi connectivity index (χ4n) is 3.20. The van der Waals surface area contributed by atoms with Crippen molar-refractivity contribution >= 4 is 11.4 Å². The van der Waals surface area contributed by atoms with Gasteiger partial charge in [0.05, 0.1) is 6.61 Å². The zero-order valence-electron chi connectivity index (χ0n) is 16.1. The first kappa shape index (κ1) is 19.8. The number of benzene rings is 3. The molecule has 0 aromatic heterocycles. The molecule has 0 amide bonds. The number of aliphatic hydroxyl groups excluding tert-OH is 1. The van der Waals surface area contributed by atoms with Gasteiger partial charge in [-0.15, -0.1) is 0 Å². The topological polar surface area (TPSA) is 81.5 Å². The van der Waals surface area contributed by atoms with Gasteiger partial charge in [-0.25, -0.2) is 0 Å². The van der Waals surface area contributed by atoms with Crippen LogP contribution in [0.4, 0.5) is 11.4 Å². The number of hydrogen-bond acceptors (Lipinski definition) is 4. The van der Waals surface area contributed by atoms with Crippen molar-refractivity contribution in [3.05, 3.63) is 66.7 Å². The van der Waals surface area contributed by atoms with Crippen LogP contribution in [0.5, 0.6) is 5.75 Å². The first-order valence-corrected chi connectivity index (χ1v) is 9.76. The number of aliphatic hydroxyl groups is 1. The minimum Gasteiger partial charge on any atom is -0.494 e. The molecule has 3 aromatic carbocycles. The van der Waals surface area contributed by atoms with E-state index in [9.17, 15) is 0 Å². The highest BCUT2D eigenvalue weighted by molar-refractivity contribution is 5.75. The summed E-state index contributed by atoms with van der Waals surface area (Å²) in [7, 11) is 0. The highest BCUT2D eigenvalue weighted by atomic mass is 16.5. The molecule has 0 saturated heterocycles. The van der Waals surface area contributed by atoms with Gasteiger partial charge in [0, 0.05) is 18.0 Å². The number of hydrogen-bond donors (Lipinski definition) is 3. The summed E-state index contributed by atoms with van der Waals surface area (Å²) in [6.45, 7) is 0.986. The van der Waals surface area contributed by atoms with Crippen molar-refractivity contribution in [3.8, 4) is 28.0 Å². The van der Waals surface area contributed by atoms with Gasteiger partial charge in [0.1, 0.15) is 5.75 Å². The maximum Gasteiger partial charge on any atom is 0.119 e. The second-order valence-electron chi connectivity index (χ2n) is 6.98. The molecule has 4 heteroatoms. The summed E-state index contributed by atoms with van der Waals surface area (Å²) in [5.41, 5.74) is 17.5. The fourth-order valence-corrected chi connectivity index (χ4v) is 3.20. The molecule has 0 unspecified atom stereocenters. The smallest absolute Gasteiger partial charge is 0.119 e. The van der Waals surface area contributed by atoms with E-state index in [2.05, 4.69) is 36.4 Å². The van der Waals surface area contributed by atoms with E-state index in [0.717, 1.165) is 53.7 Å². The molecule has 0 aliphatic carbocycles. The summed E-state index contributed by atoms with van der Waals surface area (Å²) in [6, 6.07) is 22.2. The molecular formula is C24H28N2O2. The normalized spacial score (nSPS) is 10.8. The van der Waals surface area contributed by atoms with Crippen LogP contribution < -0.4 is 16.2 Å². The molecule has 3 rings (SSSR count). The lowest BCUT2D eigenvalue weighted by atomic mass is 9.99. The number of unbranched alkanes of at least 4 members (excludes halogenated alkanes) is 3. The van der Waals surface area contributed by atoms with Crippen LogP contribution in [0.1, 0.15) is 25.7 Å². The molecule has 146 valence electrons. The van der Waals surface area contributed by atoms with Crippen LogP contribution in [0.3, 0.4) is 0 Å². The van der Waals surface area contributed by atoms with Crippen LogP contribution in [0.2, 0.25) is 0 Å². The molecule has 3 aromatic rings. The van der Waals surface area contributed by atoms with Crippen LogP contribution in [-0.4, -0.2) is 18.3 Å². The Bertz CT molecular complexity index is 854. The minimum atomic E-state index is 0.275. The Morgan fingerprint density at radius 1 is 0.607 bits per heavy atom. The molecule has 0 heterocycles. The highest BCUT2D eigenvalue weighted by Gasteiger charge is 2.03. The molecule has 0 aliphatic heterocycles. The maximum absolute atomic E-state index is 8.77. The summed E-state index contributed by atoms with van der Waals surface area (Å²) in [5.74, 6) is 0.887. The van der Waals surface area contributed by atoms with Crippen molar-refractivity contribution in [1.82, 2.24) is 0 Å². The van der Waals surface area contributed by atoms with E-state index in [-0.39, 0.29) is 6.61 Å². The molecule has 0 aliphatic rings. The molecule has 0 bridgehead atoms. The van der Waals surface area contributed by atoms with Gasteiger partial charge < -0.3 is 21.3 Å². The maximum atomic E-state index is 8.77. The van der Waals surface area contributed by atoms with Crippen molar-refractivity contribution < 1.29 is 9.84 Å². The lowest BCUT2D eigenvalue weighted by Crippen LogP contribution is -1.97. The molecule has 28 heavy (non-hydrogen) atoms. The molecule has 0 spiro atoms. The van der Waals surface area contributed by atoms with E-state index in [4.69, 9.17) is 21.3 Å². The molecule has 0 radical (unpaired) electrons.